The molecule has 0 bridgehead atoms. The molecule has 0 unspecified atom stereocenters. The number of nitrogens with zero attached hydrogens (tertiary/aromatic N) is 2. The summed E-state index contributed by atoms with van der Waals surface area (Å²) in [5, 5.41) is 1.96. The number of hydrogen-bond donors (Lipinski definition) is 0. The molecule has 0 radical (unpaired) electrons. The highest BCUT2D eigenvalue weighted by molar-refractivity contribution is 7.89. The van der Waals surface area contributed by atoms with Gasteiger partial charge in [-0.05, 0) is 36.1 Å². The summed E-state index contributed by atoms with van der Waals surface area (Å²) >= 11 is 1.60. The zero-order chi connectivity index (χ0) is 18.7. The molecule has 0 atom stereocenters. The van der Waals surface area contributed by atoms with E-state index in [2.05, 4.69) is 0 Å². The molecule has 26 heavy (non-hydrogen) atoms. The van der Waals surface area contributed by atoms with Crippen molar-refractivity contribution in [3.63, 3.8) is 0 Å². The quantitative estimate of drug-likeness (QED) is 0.775. The third-order valence-electron chi connectivity index (χ3n) is 4.29. The van der Waals surface area contributed by atoms with Crippen LogP contribution in [0.15, 0.2) is 40.6 Å². The average Bonchev–Trinajstić information content (AvgIpc) is 3.15. The van der Waals surface area contributed by atoms with Crippen molar-refractivity contribution in [3.05, 3.63) is 52.2 Å². The van der Waals surface area contributed by atoms with E-state index >= 15 is 0 Å². The SMILES string of the molecule is O=C(CCc1cccs1)N1CCN(S(=O)(=O)c2ccc(F)c(F)c2)CC1. The predicted molar refractivity (Wildman–Crippen MR) is 94.3 cm³/mol. The van der Waals surface area contributed by atoms with Crippen molar-refractivity contribution in [2.75, 3.05) is 26.2 Å². The maximum absolute atomic E-state index is 13.3. The first-order valence-electron chi connectivity index (χ1n) is 8.13. The maximum Gasteiger partial charge on any atom is 0.243 e. The summed E-state index contributed by atoms with van der Waals surface area (Å²) in [6.07, 6.45) is 1.06. The molecule has 1 aromatic carbocycles. The first-order valence-corrected chi connectivity index (χ1v) is 10.5. The molecular formula is C17H18F2N2O3S2. The van der Waals surface area contributed by atoms with Crippen molar-refractivity contribution < 1.29 is 22.0 Å². The van der Waals surface area contributed by atoms with Crippen LogP contribution in [0.1, 0.15) is 11.3 Å². The molecule has 2 aromatic rings. The largest absolute Gasteiger partial charge is 0.340 e. The topological polar surface area (TPSA) is 57.7 Å². The number of sulfonamides is 1. The lowest BCUT2D eigenvalue weighted by Crippen LogP contribution is -2.50. The second-order valence-electron chi connectivity index (χ2n) is 5.94. The lowest BCUT2D eigenvalue weighted by Gasteiger charge is -2.34. The second kappa shape index (κ2) is 7.81. The fraction of sp³-hybridized carbons (Fsp3) is 0.353. The number of amides is 1. The Morgan fingerprint density at radius 2 is 1.81 bits per heavy atom. The van der Waals surface area contributed by atoms with Crippen LogP contribution in [-0.2, 0) is 21.2 Å². The van der Waals surface area contributed by atoms with Gasteiger partial charge in [-0.3, -0.25) is 4.79 Å². The van der Waals surface area contributed by atoms with Gasteiger partial charge >= 0.3 is 0 Å². The molecule has 0 aliphatic carbocycles. The van der Waals surface area contributed by atoms with Gasteiger partial charge in [0.25, 0.3) is 0 Å². The van der Waals surface area contributed by atoms with Crippen LogP contribution in [0.3, 0.4) is 0 Å². The normalized spacial score (nSPS) is 16.0. The van der Waals surface area contributed by atoms with Gasteiger partial charge in [0.2, 0.25) is 15.9 Å². The van der Waals surface area contributed by atoms with Crippen LogP contribution in [0.5, 0.6) is 0 Å². The second-order valence-corrected chi connectivity index (χ2v) is 8.91. The Morgan fingerprint density at radius 1 is 1.08 bits per heavy atom. The van der Waals surface area contributed by atoms with Gasteiger partial charge < -0.3 is 4.90 Å². The van der Waals surface area contributed by atoms with Gasteiger partial charge in [-0.2, -0.15) is 4.31 Å². The molecule has 3 rings (SSSR count). The van der Waals surface area contributed by atoms with E-state index in [-0.39, 0.29) is 37.0 Å². The Balaban J connectivity index is 1.58. The highest BCUT2D eigenvalue weighted by atomic mass is 32.2. The van der Waals surface area contributed by atoms with Gasteiger partial charge in [0.1, 0.15) is 0 Å². The molecule has 1 fully saturated rings. The third-order valence-corrected chi connectivity index (χ3v) is 7.12. The van der Waals surface area contributed by atoms with Crippen molar-refractivity contribution >= 4 is 27.3 Å². The predicted octanol–water partition coefficient (Wildman–Crippen LogP) is 2.49. The number of aryl methyl sites for hydroxylation is 1. The lowest BCUT2D eigenvalue weighted by atomic mass is 10.2. The minimum Gasteiger partial charge on any atom is -0.340 e. The molecule has 0 spiro atoms. The Morgan fingerprint density at radius 3 is 2.42 bits per heavy atom. The van der Waals surface area contributed by atoms with Crippen LogP contribution in [0.4, 0.5) is 8.78 Å². The molecular weight excluding hydrogens is 382 g/mol. The lowest BCUT2D eigenvalue weighted by molar-refractivity contribution is -0.132. The summed E-state index contributed by atoms with van der Waals surface area (Å²) in [6.45, 7) is 0.830. The van der Waals surface area contributed by atoms with Crippen molar-refractivity contribution in [1.82, 2.24) is 9.21 Å². The smallest absolute Gasteiger partial charge is 0.243 e. The molecule has 1 aliphatic heterocycles. The summed E-state index contributed by atoms with van der Waals surface area (Å²) in [4.78, 5) is 14.8. The molecule has 1 saturated heterocycles. The number of thiophene rings is 1. The van der Waals surface area contributed by atoms with E-state index < -0.39 is 21.7 Å². The van der Waals surface area contributed by atoms with Crippen molar-refractivity contribution in [3.8, 4) is 0 Å². The Hall–Kier alpha value is -1.84. The van der Waals surface area contributed by atoms with E-state index in [1.807, 2.05) is 17.5 Å². The first kappa shape index (κ1) is 18.9. The number of benzene rings is 1. The highest BCUT2D eigenvalue weighted by Gasteiger charge is 2.30. The fourth-order valence-electron chi connectivity index (χ4n) is 2.81. The molecule has 1 aromatic heterocycles. The van der Waals surface area contributed by atoms with Crippen LogP contribution in [0.25, 0.3) is 0 Å². The number of carbonyl (C=O) groups is 1. The van der Waals surface area contributed by atoms with E-state index in [9.17, 15) is 22.0 Å². The summed E-state index contributed by atoms with van der Waals surface area (Å²) in [6, 6.07) is 6.44. The van der Waals surface area contributed by atoms with E-state index in [0.29, 0.717) is 18.9 Å². The van der Waals surface area contributed by atoms with Gasteiger partial charge in [0.05, 0.1) is 4.90 Å². The molecule has 1 amide bonds. The summed E-state index contributed by atoms with van der Waals surface area (Å²) < 4.78 is 52.6. The Kier molecular flexibility index (Phi) is 5.69. The third kappa shape index (κ3) is 4.11. The monoisotopic (exact) mass is 400 g/mol. The number of halogens is 2. The number of piperazine rings is 1. The van der Waals surface area contributed by atoms with Gasteiger partial charge in [-0.15, -0.1) is 11.3 Å². The minimum atomic E-state index is -3.91. The van der Waals surface area contributed by atoms with Crippen LogP contribution >= 0.6 is 11.3 Å². The molecule has 9 heteroatoms. The molecule has 140 valence electrons. The van der Waals surface area contributed by atoms with Gasteiger partial charge in [0.15, 0.2) is 11.6 Å². The molecule has 1 aliphatic rings. The average molecular weight is 400 g/mol. The van der Waals surface area contributed by atoms with Gasteiger partial charge in [-0.25, -0.2) is 17.2 Å². The zero-order valence-electron chi connectivity index (χ0n) is 13.9. The van der Waals surface area contributed by atoms with E-state index in [4.69, 9.17) is 0 Å². The summed E-state index contributed by atoms with van der Waals surface area (Å²) in [5.41, 5.74) is 0. The molecule has 5 nitrogen and oxygen atoms in total. The van der Waals surface area contributed by atoms with Crippen molar-refractivity contribution in [1.29, 1.82) is 0 Å². The number of carbonyl (C=O) groups excluding carboxylic acids is 1. The zero-order valence-corrected chi connectivity index (χ0v) is 15.5. The van der Waals surface area contributed by atoms with Crippen molar-refractivity contribution in [2.45, 2.75) is 17.7 Å². The number of rotatable bonds is 5. The summed E-state index contributed by atoms with van der Waals surface area (Å²) in [7, 11) is -3.91. The maximum atomic E-state index is 13.3. The van der Waals surface area contributed by atoms with Gasteiger partial charge in [-0.1, -0.05) is 6.07 Å². The molecule has 2 heterocycles. The van der Waals surface area contributed by atoms with Crippen LogP contribution < -0.4 is 0 Å². The standard InChI is InChI=1S/C17H18F2N2O3S2/c18-15-5-4-14(12-16(15)19)26(23,24)21-9-7-20(8-10-21)17(22)6-3-13-2-1-11-25-13/h1-2,4-5,11-12H,3,6-10H2. The first-order chi connectivity index (χ1) is 12.4. The Bertz CT molecular complexity index is 877. The van der Waals surface area contributed by atoms with Gasteiger partial charge in [0, 0.05) is 37.5 Å². The highest BCUT2D eigenvalue weighted by Crippen LogP contribution is 2.20. The Labute approximate surface area is 154 Å². The van der Waals surface area contributed by atoms with E-state index in [1.165, 1.54) is 4.31 Å². The van der Waals surface area contributed by atoms with Crippen molar-refractivity contribution in [2.24, 2.45) is 0 Å². The summed E-state index contributed by atoms with van der Waals surface area (Å²) in [5.74, 6) is -2.30. The van der Waals surface area contributed by atoms with E-state index in [0.717, 1.165) is 17.0 Å². The fourth-order valence-corrected chi connectivity index (χ4v) is 4.95. The van der Waals surface area contributed by atoms with E-state index in [1.54, 1.807) is 16.2 Å². The van der Waals surface area contributed by atoms with Crippen LogP contribution in [-0.4, -0.2) is 49.7 Å². The molecule has 0 saturated carbocycles. The van der Waals surface area contributed by atoms with Crippen LogP contribution in [0, 0.1) is 11.6 Å². The molecule has 0 N–H and O–H groups in total. The minimum absolute atomic E-state index is 0.0109. The van der Waals surface area contributed by atoms with Crippen LogP contribution in [0.2, 0.25) is 0 Å². The number of hydrogen-bond acceptors (Lipinski definition) is 4.